The lowest BCUT2D eigenvalue weighted by molar-refractivity contribution is 0.0989. The Labute approximate surface area is 117 Å². The van der Waals surface area contributed by atoms with Crippen LogP contribution >= 0.6 is 11.3 Å². The third kappa shape index (κ3) is 2.19. The Hall–Kier alpha value is -1.61. The second-order valence-corrected chi connectivity index (χ2v) is 6.30. The maximum Gasteiger partial charge on any atom is 0.268 e. The molecule has 2 nitrogen and oxygen atoms in total. The Bertz CT molecular complexity index is 610. The Morgan fingerprint density at radius 3 is 2.79 bits per heavy atom. The molecule has 0 N–H and O–H groups in total. The van der Waals surface area contributed by atoms with Gasteiger partial charge in [0.05, 0.1) is 4.88 Å². The summed E-state index contributed by atoms with van der Waals surface area (Å²) in [6.07, 6.45) is 2.12. The van der Waals surface area contributed by atoms with Gasteiger partial charge in [0.1, 0.15) is 0 Å². The van der Waals surface area contributed by atoms with E-state index in [-0.39, 0.29) is 5.91 Å². The standard InChI is InChI=1S/C16H17NOS/c1-11-10-15(19-12(11)2)16(18)17-9-5-7-13-6-3-4-8-14(13)17/h3-4,6,8,10H,5,7,9H2,1-2H3. The highest BCUT2D eigenvalue weighted by atomic mass is 32.1. The van der Waals surface area contributed by atoms with Crippen molar-refractivity contribution < 1.29 is 4.79 Å². The van der Waals surface area contributed by atoms with E-state index in [1.54, 1.807) is 11.3 Å². The monoisotopic (exact) mass is 271 g/mol. The summed E-state index contributed by atoms with van der Waals surface area (Å²) in [4.78, 5) is 16.7. The molecule has 0 spiro atoms. The molecule has 0 bridgehead atoms. The molecular weight excluding hydrogens is 254 g/mol. The van der Waals surface area contributed by atoms with Crippen molar-refractivity contribution in [3.63, 3.8) is 0 Å². The van der Waals surface area contributed by atoms with E-state index in [1.165, 1.54) is 16.0 Å². The first-order valence-corrected chi connectivity index (χ1v) is 7.45. The zero-order chi connectivity index (χ0) is 13.4. The Morgan fingerprint density at radius 2 is 2.05 bits per heavy atom. The van der Waals surface area contributed by atoms with E-state index in [2.05, 4.69) is 26.0 Å². The SMILES string of the molecule is Cc1cc(C(=O)N2CCCc3ccccc32)sc1C. The number of amides is 1. The number of hydrogen-bond acceptors (Lipinski definition) is 2. The first kappa shape index (κ1) is 12.4. The molecule has 0 atom stereocenters. The van der Waals surface area contributed by atoms with Crippen LogP contribution in [-0.2, 0) is 6.42 Å². The number of carbonyl (C=O) groups is 1. The van der Waals surface area contributed by atoms with Crippen molar-refractivity contribution in [3.05, 3.63) is 51.2 Å². The van der Waals surface area contributed by atoms with Gasteiger partial charge < -0.3 is 4.90 Å². The fourth-order valence-electron chi connectivity index (χ4n) is 2.56. The van der Waals surface area contributed by atoms with Crippen LogP contribution in [0.15, 0.2) is 30.3 Å². The Morgan fingerprint density at radius 1 is 1.26 bits per heavy atom. The van der Waals surface area contributed by atoms with E-state index in [0.717, 1.165) is 30.0 Å². The number of carbonyl (C=O) groups excluding carboxylic acids is 1. The van der Waals surface area contributed by atoms with Gasteiger partial charge in [-0.1, -0.05) is 18.2 Å². The summed E-state index contributed by atoms with van der Waals surface area (Å²) in [5, 5.41) is 0. The van der Waals surface area contributed by atoms with Crippen LogP contribution in [-0.4, -0.2) is 12.5 Å². The number of rotatable bonds is 1. The molecule has 19 heavy (non-hydrogen) atoms. The average molecular weight is 271 g/mol. The van der Waals surface area contributed by atoms with E-state index in [1.807, 2.05) is 23.1 Å². The fraction of sp³-hybridized carbons (Fsp3) is 0.312. The van der Waals surface area contributed by atoms with Gasteiger partial charge in [-0.05, 0) is 49.9 Å². The van der Waals surface area contributed by atoms with Crippen molar-refractivity contribution in [1.29, 1.82) is 0 Å². The van der Waals surface area contributed by atoms with Gasteiger partial charge in [0.25, 0.3) is 5.91 Å². The molecule has 0 aliphatic carbocycles. The summed E-state index contributed by atoms with van der Waals surface area (Å²) in [5.41, 5.74) is 3.58. The van der Waals surface area contributed by atoms with Gasteiger partial charge in [-0.3, -0.25) is 4.79 Å². The molecule has 0 radical (unpaired) electrons. The van der Waals surface area contributed by atoms with Crippen LogP contribution in [0.5, 0.6) is 0 Å². The van der Waals surface area contributed by atoms with E-state index in [9.17, 15) is 4.79 Å². The molecule has 1 aliphatic rings. The zero-order valence-electron chi connectivity index (χ0n) is 11.3. The molecule has 0 saturated heterocycles. The van der Waals surface area contributed by atoms with Crippen LogP contribution in [0.3, 0.4) is 0 Å². The number of para-hydroxylation sites is 1. The molecule has 2 heterocycles. The first-order valence-electron chi connectivity index (χ1n) is 6.63. The molecule has 2 aromatic rings. The number of thiophene rings is 1. The minimum absolute atomic E-state index is 0.147. The molecule has 1 amide bonds. The van der Waals surface area contributed by atoms with Crippen LogP contribution < -0.4 is 4.90 Å². The summed E-state index contributed by atoms with van der Waals surface area (Å²) in [6.45, 7) is 4.96. The fourth-order valence-corrected chi connectivity index (χ4v) is 3.54. The van der Waals surface area contributed by atoms with Gasteiger partial charge in [-0.25, -0.2) is 0 Å². The lowest BCUT2D eigenvalue weighted by Gasteiger charge is -2.29. The predicted octanol–water partition coefficient (Wildman–Crippen LogP) is 3.96. The van der Waals surface area contributed by atoms with Crippen molar-refractivity contribution in [1.82, 2.24) is 0 Å². The highest BCUT2D eigenvalue weighted by molar-refractivity contribution is 7.14. The summed E-state index contributed by atoms with van der Waals surface area (Å²) in [6, 6.07) is 10.3. The number of nitrogens with zero attached hydrogens (tertiary/aromatic N) is 1. The van der Waals surface area contributed by atoms with Crippen molar-refractivity contribution in [2.45, 2.75) is 26.7 Å². The average Bonchev–Trinajstić information content (AvgIpc) is 2.77. The number of fused-ring (bicyclic) bond motifs is 1. The van der Waals surface area contributed by atoms with Gasteiger partial charge in [0, 0.05) is 17.1 Å². The summed E-state index contributed by atoms with van der Waals surface area (Å²) < 4.78 is 0. The van der Waals surface area contributed by atoms with Gasteiger partial charge in [-0.2, -0.15) is 0 Å². The van der Waals surface area contributed by atoms with Crippen molar-refractivity contribution in [2.75, 3.05) is 11.4 Å². The van der Waals surface area contributed by atoms with Crippen LogP contribution in [0, 0.1) is 13.8 Å². The molecule has 3 rings (SSSR count). The summed E-state index contributed by atoms with van der Waals surface area (Å²) in [5.74, 6) is 0.147. The lowest BCUT2D eigenvalue weighted by atomic mass is 10.0. The van der Waals surface area contributed by atoms with E-state index in [0.29, 0.717) is 0 Å². The highest BCUT2D eigenvalue weighted by Crippen LogP contribution is 2.30. The molecule has 1 aliphatic heterocycles. The predicted molar refractivity (Wildman–Crippen MR) is 80.2 cm³/mol. The maximum atomic E-state index is 12.7. The summed E-state index contributed by atoms with van der Waals surface area (Å²) >= 11 is 1.60. The van der Waals surface area contributed by atoms with E-state index < -0.39 is 0 Å². The van der Waals surface area contributed by atoms with E-state index in [4.69, 9.17) is 0 Å². The number of anilines is 1. The molecule has 0 fully saturated rings. The largest absolute Gasteiger partial charge is 0.307 e. The number of hydrogen-bond donors (Lipinski definition) is 0. The number of benzene rings is 1. The van der Waals surface area contributed by atoms with Crippen molar-refractivity contribution in [2.24, 2.45) is 0 Å². The molecule has 3 heteroatoms. The molecule has 0 unspecified atom stereocenters. The lowest BCUT2D eigenvalue weighted by Crippen LogP contribution is -2.34. The summed E-state index contributed by atoms with van der Waals surface area (Å²) in [7, 11) is 0. The van der Waals surface area contributed by atoms with Crippen molar-refractivity contribution >= 4 is 22.9 Å². The first-order chi connectivity index (χ1) is 9.16. The zero-order valence-corrected chi connectivity index (χ0v) is 12.1. The Kier molecular flexibility index (Phi) is 3.15. The van der Waals surface area contributed by atoms with Gasteiger partial charge in [0.2, 0.25) is 0 Å². The van der Waals surface area contributed by atoms with Gasteiger partial charge >= 0.3 is 0 Å². The second-order valence-electron chi connectivity index (χ2n) is 5.04. The Balaban J connectivity index is 1.97. The molecular formula is C16H17NOS. The van der Waals surface area contributed by atoms with Crippen LogP contribution in [0.2, 0.25) is 0 Å². The molecule has 0 saturated carbocycles. The number of aryl methyl sites for hydroxylation is 3. The van der Waals surface area contributed by atoms with Gasteiger partial charge in [0.15, 0.2) is 0 Å². The second kappa shape index (κ2) is 4.82. The van der Waals surface area contributed by atoms with Crippen molar-refractivity contribution in [3.8, 4) is 0 Å². The molecule has 1 aromatic carbocycles. The smallest absolute Gasteiger partial charge is 0.268 e. The maximum absolute atomic E-state index is 12.7. The normalized spacial score (nSPS) is 14.3. The van der Waals surface area contributed by atoms with E-state index >= 15 is 0 Å². The quantitative estimate of drug-likeness (QED) is 0.769. The minimum atomic E-state index is 0.147. The van der Waals surface area contributed by atoms with Gasteiger partial charge in [-0.15, -0.1) is 11.3 Å². The molecule has 98 valence electrons. The van der Waals surface area contributed by atoms with Crippen LogP contribution in [0.25, 0.3) is 0 Å². The third-order valence-corrected chi connectivity index (χ3v) is 4.87. The van der Waals surface area contributed by atoms with Crippen LogP contribution in [0.1, 0.15) is 32.1 Å². The molecule has 1 aromatic heterocycles. The topological polar surface area (TPSA) is 20.3 Å². The van der Waals surface area contributed by atoms with Crippen LogP contribution in [0.4, 0.5) is 5.69 Å². The highest BCUT2D eigenvalue weighted by Gasteiger charge is 2.24. The minimum Gasteiger partial charge on any atom is -0.307 e. The third-order valence-electron chi connectivity index (χ3n) is 3.73.